The lowest BCUT2D eigenvalue weighted by Crippen LogP contribution is -2.11. The van der Waals surface area contributed by atoms with Crippen LogP contribution in [0.2, 0.25) is 0 Å². The van der Waals surface area contributed by atoms with Crippen molar-refractivity contribution in [1.29, 1.82) is 0 Å². The summed E-state index contributed by atoms with van der Waals surface area (Å²) in [5.41, 5.74) is 2.09. The minimum absolute atomic E-state index is 0.281. The molecule has 3 aromatic rings. The molecule has 0 unspecified atom stereocenters. The van der Waals surface area contributed by atoms with Gasteiger partial charge < -0.3 is 20.1 Å². The van der Waals surface area contributed by atoms with Crippen LogP contribution in [0.15, 0.2) is 54.6 Å². The zero-order valence-corrected chi connectivity index (χ0v) is 16.1. The highest BCUT2D eigenvalue weighted by Gasteiger charge is 2.13. The first-order valence-electron chi connectivity index (χ1n) is 9.48. The van der Waals surface area contributed by atoms with Crippen molar-refractivity contribution in [3.05, 3.63) is 60.2 Å². The van der Waals surface area contributed by atoms with Crippen molar-refractivity contribution in [2.24, 2.45) is 5.92 Å². The van der Waals surface area contributed by atoms with E-state index in [2.05, 4.69) is 29.5 Å². The molecule has 6 heteroatoms. The van der Waals surface area contributed by atoms with Crippen LogP contribution in [0.3, 0.4) is 0 Å². The Morgan fingerprint density at radius 3 is 2.43 bits per heavy atom. The van der Waals surface area contributed by atoms with Crippen molar-refractivity contribution >= 4 is 11.6 Å². The largest absolute Gasteiger partial charge is 0.454 e. The molecule has 0 amide bonds. The zero-order chi connectivity index (χ0) is 19.3. The van der Waals surface area contributed by atoms with Crippen molar-refractivity contribution < 1.29 is 9.47 Å². The second kappa shape index (κ2) is 8.17. The van der Waals surface area contributed by atoms with Gasteiger partial charge in [-0.1, -0.05) is 50.2 Å². The van der Waals surface area contributed by atoms with E-state index in [4.69, 9.17) is 14.5 Å². The highest BCUT2D eigenvalue weighted by molar-refractivity contribution is 5.61. The molecule has 4 rings (SSSR count). The topological polar surface area (TPSA) is 68.3 Å². The van der Waals surface area contributed by atoms with Crippen LogP contribution in [0.1, 0.15) is 19.4 Å². The fourth-order valence-electron chi connectivity index (χ4n) is 2.90. The Hall–Kier alpha value is -3.28. The molecular weight excluding hydrogens is 352 g/mol. The second-order valence-corrected chi connectivity index (χ2v) is 7.14. The normalized spacial score (nSPS) is 12.2. The van der Waals surface area contributed by atoms with Crippen molar-refractivity contribution in [3.8, 4) is 22.9 Å². The highest BCUT2D eigenvalue weighted by Crippen LogP contribution is 2.32. The highest BCUT2D eigenvalue weighted by atomic mass is 16.7. The lowest BCUT2D eigenvalue weighted by molar-refractivity contribution is 0.174. The van der Waals surface area contributed by atoms with Crippen LogP contribution in [0.4, 0.5) is 11.6 Å². The van der Waals surface area contributed by atoms with E-state index in [-0.39, 0.29) is 6.79 Å². The number of rotatable bonds is 7. The van der Waals surface area contributed by atoms with Gasteiger partial charge in [0, 0.05) is 24.7 Å². The summed E-state index contributed by atoms with van der Waals surface area (Å²) in [5.74, 6) is 4.39. The summed E-state index contributed by atoms with van der Waals surface area (Å²) >= 11 is 0. The van der Waals surface area contributed by atoms with Gasteiger partial charge in [-0.2, -0.15) is 0 Å². The Bertz CT molecular complexity index is 945. The Morgan fingerprint density at radius 2 is 1.64 bits per heavy atom. The molecule has 0 fully saturated rings. The Balaban J connectivity index is 1.55. The third-order valence-corrected chi connectivity index (χ3v) is 4.36. The molecular formula is C22H24N4O2. The number of fused-ring (bicyclic) bond motifs is 1. The van der Waals surface area contributed by atoms with Crippen LogP contribution < -0.4 is 20.1 Å². The maximum Gasteiger partial charge on any atom is 0.231 e. The molecule has 6 nitrogen and oxygen atoms in total. The molecule has 2 heterocycles. The molecule has 0 saturated heterocycles. The van der Waals surface area contributed by atoms with Crippen molar-refractivity contribution in [3.63, 3.8) is 0 Å². The summed E-state index contributed by atoms with van der Waals surface area (Å²) in [6.07, 6.45) is 0. The van der Waals surface area contributed by atoms with Crippen LogP contribution in [-0.4, -0.2) is 23.3 Å². The van der Waals surface area contributed by atoms with E-state index in [1.165, 1.54) is 0 Å². The number of nitrogens with zero attached hydrogens (tertiary/aromatic N) is 2. The van der Waals surface area contributed by atoms with Gasteiger partial charge in [0.05, 0.1) is 0 Å². The molecule has 0 aliphatic carbocycles. The van der Waals surface area contributed by atoms with E-state index >= 15 is 0 Å². The maximum atomic E-state index is 5.46. The number of aromatic nitrogens is 2. The molecule has 2 aromatic carbocycles. The molecule has 1 aliphatic heterocycles. The Morgan fingerprint density at radius 1 is 0.893 bits per heavy atom. The summed E-state index contributed by atoms with van der Waals surface area (Å²) in [6.45, 7) is 6.11. The van der Waals surface area contributed by atoms with E-state index in [9.17, 15) is 0 Å². The number of hydrogen-bond acceptors (Lipinski definition) is 6. The van der Waals surface area contributed by atoms with E-state index in [1.54, 1.807) is 0 Å². The molecule has 2 N–H and O–H groups in total. The fraction of sp³-hybridized carbons (Fsp3) is 0.273. The van der Waals surface area contributed by atoms with Crippen LogP contribution in [-0.2, 0) is 6.54 Å². The number of benzene rings is 2. The van der Waals surface area contributed by atoms with Gasteiger partial charge in [-0.05, 0) is 23.6 Å². The van der Waals surface area contributed by atoms with Gasteiger partial charge in [-0.25, -0.2) is 9.97 Å². The molecule has 0 saturated carbocycles. The predicted octanol–water partition coefficient (Wildman–Crippen LogP) is 4.55. The van der Waals surface area contributed by atoms with Gasteiger partial charge in [-0.3, -0.25) is 0 Å². The number of hydrogen-bond donors (Lipinski definition) is 2. The fourth-order valence-corrected chi connectivity index (χ4v) is 2.90. The SMILES string of the molecule is CC(C)CNc1cc(NCc2ccc3c(c2)OCO3)nc(-c2ccccc2)n1. The van der Waals surface area contributed by atoms with Gasteiger partial charge in [-0.15, -0.1) is 0 Å². The Kier molecular flexibility index (Phi) is 5.28. The molecule has 144 valence electrons. The maximum absolute atomic E-state index is 5.46. The van der Waals surface area contributed by atoms with Crippen molar-refractivity contribution in [2.75, 3.05) is 24.0 Å². The summed E-state index contributed by atoms with van der Waals surface area (Å²) in [5, 5.41) is 6.80. The van der Waals surface area contributed by atoms with Gasteiger partial charge in [0.15, 0.2) is 17.3 Å². The third-order valence-electron chi connectivity index (χ3n) is 4.36. The minimum Gasteiger partial charge on any atom is -0.454 e. The van der Waals surface area contributed by atoms with Gasteiger partial charge in [0.1, 0.15) is 11.6 Å². The zero-order valence-electron chi connectivity index (χ0n) is 16.1. The molecule has 0 bridgehead atoms. The van der Waals surface area contributed by atoms with E-state index < -0.39 is 0 Å². The monoisotopic (exact) mass is 376 g/mol. The molecule has 0 atom stereocenters. The van der Waals surface area contributed by atoms with Crippen LogP contribution >= 0.6 is 0 Å². The van der Waals surface area contributed by atoms with Crippen molar-refractivity contribution in [1.82, 2.24) is 9.97 Å². The van der Waals surface area contributed by atoms with E-state index in [1.807, 2.05) is 54.6 Å². The lowest BCUT2D eigenvalue weighted by atomic mass is 10.2. The van der Waals surface area contributed by atoms with Crippen LogP contribution in [0.5, 0.6) is 11.5 Å². The first kappa shape index (κ1) is 18.1. The standard InChI is InChI=1S/C22H24N4O2/c1-15(2)12-23-20-11-21(26-22(25-20)17-6-4-3-5-7-17)24-13-16-8-9-18-19(10-16)28-14-27-18/h3-11,15H,12-14H2,1-2H3,(H2,23,24,25,26). The lowest BCUT2D eigenvalue weighted by Gasteiger charge is -2.13. The van der Waals surface area contributed by atoms with Gasteiger partial charge >= 0.3 is 0 Å². The second-order valence-electron chi connectivity index (χ2n) is 7.14. The minimum atomic E-state index is 0.281. The van der Waals surface area contributed by atoms with E-state index in [0.29, 0.717) is 18.3 Å². The van der Waals surface area contributed by atoms with Gasteiger partial charge in [0.2, 0.25) is 6.79 Å². The molecule has 0 spiro atoms. The first-order chi connectivity index (χ1) is 13.7. The van der Waals surface area contributed by atoms with Gasteiger partial charge in [0.25, 0.3) is 0 Å². The summed E-state index contributed by atoms with van der Waals surface area (Å²) < 4.78 is 10.8. The summed E-state index contributed by atoms with van der Waals surface area (Å²) in [4.78, 5) is 9.38. The van der Waals surface area contributed by atoms with E-state index in [0.717, 1.165) is 40.8 Å². The first-order valence-corrected chi connectivity index (χ1v) is 9.48. The summed E-state index contributed by atoms with van der Waals surface area (Å²) in [7, 11) is 0. The molecule has 1 aromatic heterocycles. The Labute approximate surface area is 164 Å². The number of nitrogens with one attached hydrogen (secondary N) is 2. The van der Waals surface area contributed by atoms with Crippen molar-refractivity contribution in [2.45, 2.75) is 20.4 Å². The predicted molar refractivity (Wildman–Crippen MR) is 111 cm³/mol. The summed E-state index contributed by atoms with van der Waals surface area (Å²) in [6, 6.07) is 17.9. The number of ether oxygens (including phenoxy) is 2. The smallest absolute Gasteiger partial charge is 0.231 e. The molecule has 1 aliphatic rings. The van der Waals surface area contributed by atoms with Crippen LogP contribution in [0, 0.1) is 5.92 Å². The average molecular weight is 376 g/mol. The van der Waals surface area contributed by atoms with Crippen LogP contribution in [0.25, 0.3) is 11.4 Å². The quantitative estimate of drug-likeness (QED) is 0.630. The molecule has 0 radical (unpaired) electrons. The number of anilines is 2. The third kappa shape index (κ3) is 4.34. The average Bonchev–Trinajstić information content (AvgIpc) is 3.19. The molecule has 28 heavy (non-hydrogen) atoms.